The number of nitrogens with one attached hydrogen (secondary N) is 1. The number of hydrogen-bond donors (Lipinski definition) is 1. The molecule has 0 spiro atoms. The molecule has 1 unspecified atom stereocenters. The number of fused-ring (bicyclic) bond motifs is 1. The molecule has 1 N–H and O–H groups in total. The van der Waals surface area contributed by atoms with E-state index in [2.05, 4.69) is 33.9 Å². The van der Waals surface area contributed by atoms with Crippen LogP contribution in [0.1, 0.15) is 44.3 Å². The summed E-state index contributed by atoms with van der Waals surface area (Å²) in [6, 6.07) is 0. The minimum absolute atomic E-state index is 0.541. The first-order valence-electron chi connectivity index (χ1n) is 5.45. The maximum atomic E-state index is 4.29. The van der Waals surface area contributed by atoms with Gasteiger partial charge in [0.15, 0.2) is 0 Å². The quantitative estimate of drug-likeness (QED) is 0.788. The van der Waals surface area contributed by atoms with Gasteiger partial charge in [-0.2, -0.15) is 0 Å². The van der Waals surface area contributed by atoms with Crippen LogP contribution in [0.15, 0.2) is 0 Å². The van der Waals surface area contributed by atoms with Crippen LogP contribution in [0, 0.1) is 0 Å². The maximum absolute atomic E-state index is 4.29. The smallest absolute Gasteiger partial charge is 0.147 e. The van der Waals surface area contributed by atoms with Gasteiger partial charge >= 0.3 is 0 Å². The van der Waals surface area contributed by atoms with Gasteiger partial charge in [0, 0.05) is 19.0 Å². The summed E-state index contributed by atoms with van der Waals surface area (Å²) in [5.74, 6) is 2.80. The van der Waals surface area contributed by atoms with Crippen molar-refractivity contribution in [1.29, 1.82) is 0 Å². The molecule has 0 radical (unpaired) electrons. The molecule has 0 bridgehead atoms. The van der Waals surface area contributed by atoms with Crippen molar-refractivity contribution in [3.63, 3.8) is 0 Å². The van der Waals surface area contributed by atoms with E-state index >= 15 is 0 Å². The molecule has 2 rings (SSSR count). The number of nitrogens with zero attached hydrogens (tertiary/aromatic N) is 3. The van der Waals surface area contributed by atoms with Crippen molar-refractivity contribution < 1.29 is 0 Å². The van der Waals surface area contributed by atoms with Crippen LogP contribution in [0.5, 0.6) is 0 Å². The Bertz CT molecular complexity index is 305. The van der Waals surface area contributed by atoms with Gasteiger partial charge in [0.25, 0.3) is 0 Å². The molecule has 0 aliphatic carbocycles. The summed E-state index contributed by atoms with van der Waals surface area (Å²) in [5, 5.41) is 11.8. The largest absolute Gasteiger partial charge is 0.312 e. The predicted molar refractivity (Wildman–Crippen MR) is 55.1 cm³/mol. The third kappa shape index (κ3) is 1.66. The van der Waals surface area contributed by atoms with Gasteiger partial charge in [-0.15, -0.1) is 10.2 Å². The van der Waals surface area contributed by atoms with Gasteiger partial charge in [0.05, 0.1) is 6.54 Å². The monoisotopic (exact) mass is 194 g/mol. The molecule has 1 aromatic heterocycles. The summed E-state index contributed by atoms with van der Waals surface area (Å²) < 4.78 is 2.27. The van der Waals surface area contributed by atoms with E-state index in [1.807, 2.05) is 0 Å². The molecule has 4 nitrogen and oxygen atoms in total. The van der Waals surface area contributed by atoms with Crippen molar-refractivity contribution in [1.82, 2.24) is 20.1 Å². The Balaban J connectivity index is 2.21. The molecule has 0 saturated heterocycles. The zero-order valence-electron chi connectivity index (χ0n) is 8.95. The van der Waals surface area contributed by atoms with Crippen LogP contribution in [0.25, 0.3) is 0 Å². The zero-order chi connectivity index (χ0) is 9.97. The molecule has 1 atom stereocenters. The molecule has 78 valence electrons. The third-order valence-electron chi connectivity index (χ3n) is 2.81. The molecular formula is C10H18N4. The van der Waals surface area contributed by atoms with E-state index in [0.29, 0.717) is 5.92 Å². The molecule has 4 heteroatoms. The van der Waals surface area contributed by atoms with E-state index in [0.717, 1.165) is 25.5 Å². The van der Waals surface area contributed by atoms with Crippen LogP contribution in [0.4, 0.5) is 0 Å². The minimum Gasteiger partial charge on any atom is -0.312 e. The molecule has 1 aliphatic rings. The fraction of sp³-hybridized carbons (Fsp3) is 0.800. The van der Waals surface area contributed by atoms with Gasteiger partial charge in [0.1, 0.15) is 11.6 Å². The Labute approximate surface area is 84.7 Å². The minimum atomic E-state index is 0.541. The Hall–Kier alpha value is -0.900. The Morgan fingerprint density at radius 1 is 1.50 bits per heavy atom. The van der Waals surface area contributed by atoms with E-state index in [1.165, 1.54) is 18.7 Å². The normalized spacial score (nSPS) is 17.9. The lowest BCUT2D eigenvalue weighted by molar-refractivity contribution is 0.476. The summed E-state index contributed by atoms with van der Waals surface area (Å²) in [7, 11) is 0. The molecule has 0 saturated carbocycles. The highest BCUT2D eigenvalue weighted by Gasteiger charge is 2.18. The Morgan fingerprint density at radius 3 is 3.14 bits per heavy atom. The molecule has 2 heterocycles. The van der Waals surface area contributed by atoms with Crippen LogP contribution in [-0.2, 0) is 13.1 Å². The second-order valence-corrected chi connectivity index (χ2v) is 3.99. The van der Waals surface area contributed by atoms with E-state index in [4.69, 9.17) is 0 Å². The molecule has 0 amide bonds. The van der Waals surface area contributed by atoms with E-state index in [1.54, 1.807) is 0 Å². The van der Waals surface area contributed by atoms with Crippen molar-refractivity contribution in [2.75, 3.05) is 6.54 Å². The highest BCUT2D eigenvalue weighted by molar-refractivity contribution is 5.02. The lowest BCUT2D eigenvalue weighted by Crippen LogP contribution is -2.29. The van der Waals surface area contributed by atoms with Crippen LogP contribution in [0.2, 0.25) is 0 Å². The zero-order valence-corrected chi connectivity index (χ0v) is 8.95. The first-order valence-corrected chi connectivity index (χ1v) is 5.45. The highest BCUT2D eigenvalue weighted by atomic mass is 15.3. The average Bonchev–Trinajstić information content (AvgIpc) is 2.61. The van der Waals surface area contributed by atoms with Crippen LogP contribution < -0.4 is 5.32 Å². The molecule has 1 aliphatic heterocycles. The fourth-order valence-electron chi connectivity index (χ4n) is 2.04. The molecule has 1 aromatic rings. The van der Waals surface area contributed by atoms with Gasteiger partial charge in [-0.3, -0.25) is 0 Å². The molecule has 0 fully saturated rings. The number of rotatable bonds is 3. The summed E-state index contributed by atoms with van der Waals surface area (Å²) in [6.07, 6.45) is 2.41. The number of aromatic nitrogens is 3. The molecule has 0 aromatic carbocycles. The van der Waals surface area contributed by atoms with Crippen LogP contribution in [0.3, 0.4) is 0 Å². The SMILES string of the molecule is CCCC(C)c1nnc2n1CCNC2. The topological polar surface area (TPSA) is 42.7 Å². The second kappa shape index (κ2) is 4.09. The highest BCUT2D eigenvalue weighted by Crippen LogP contribution is 2.20. The number of hydrogen-bond acceptors (Lipinski definition) is 3. The second-order valence-electron chi connectivity index (χ2n) is 3.99. The van der Waals surface area contributed by atoms with Crippen LogP contribution >= 0.6 is 0 Å². The standard InChI is InChI=1S/C10H18N4/c1-3-4-8(2)10-13-12-9-7-11-5-6-14(9)10/h8,11H,3-7H2,1-2H3. The predicted octanol–water partition coefficient (Wildman–Crippen LogP) is 1.28. The van der Waals surface area contributed by atoms with E-state index < -0.39 is 0 Å². The fourth-order valence-corrected chi connectivity index (χ4v) is 2.04. The summed E-state index contributed by atoms with van der Waals surface area (Å²) in [5.41, 5.74) is 0. The molecular weight excluding hydrogens is 176 g/mol. The summed E-state index contributed by atoms with van der Waals surface area (Å²) in [4.78, 5) is 0. The van der Waals surface area contributed by atoms with Crippen molar-refractivity contribution in [2.24, 2.45) is 0 Å². The summed E-state index contributed by atoms with van der Waals surface area (Å²) >= 11 is 0. The van der Waals surface area contributed by atoms with Crippen molar-refractivity contribution in [3.8, 4) is 0 Å². The third-order valence-corrected chi connectivity index (χ3v) is 2.81. The first-order chi connectivity index (χ1) is 6.83. The molecule has 14 heavy (non-hydrogen) atoms. The Morgan fingerprint density at radius 2 is 2.36 bits per heavy atom. The van der Waals surface area contributed by atoms with Crippen molar-refractivity contribution in [2.45, 2.75) is 45.7 Å². The van der Waals surface area contributed by atoms with Gasteiger partial charge in [-0.25, -0.2) is 0 Å². The van der Waals surface area contributed by atoms with Crippen molar-refractivity contribution in [3.05, 3.63) is 11.6 Å². The Kier molecular flexibility index (Phi) is 2.82. The summed E-state index contributed by atoms with van der Waals surface area (Å²) in [6.45, 7) is 7.38. The van der Waals surface area contributed by atoms with Crippen LogP contribution in [-0.4, -0.2) is 21.3 Å². The van der Waals surface area contributed by atoms with E-state index in [-0.39, 0.29) is 0 Å². The van der Waals surface area contributed by atoms with Gasteiger partial charge in [-0.1, -0.05) is 20.3 Å². The first kappa shape index (κ1) is 9.65. The van der Waals surface area contributed by atoms with Gasteiger partial charge in [-0.05, 0) is 6.42 Å². The maximum Gasteiger partial charge on any atom is 0.147 e. The van der Waals surface area contributed by atoms with E-state index in [9.17, 15) is 0 Å². The average molecular weight is 194 g/mol. The van der Waals surface area contributed by atoms with Gasteiger partial charge in [0.2, 0.25) is 0 Å². The van der Waals surface area contributed by atoms with Crippen molar-refractivity contribution >= 4 is 0 Å². The lowest BCUT2D eigenvalue weighted by Gasteiger charge is -2.18. The van der Waals surface area contributed by atoms with Gasteiger partial charge < -0.3 is 9.88 Å². The lowest BCUT2D eigenvalue weighted by atomic mass is 10.1.